The Labute approximate surface area is 240 Å². The molecule has 5 saturated carbocycles. The lowest BCUT2D eigenvalue weighted by Gasteiger charge is -2.53. The fraction of sp³-hybridized carbons (Fsp3) is 0.656. The van der Waals surface area contributed by atoms with Crippen molar-refractivity contribution in [2.75, 3.05) is 24.7 Å². The van der Waals surface area contributed by atoms with Crippen LogP contribution in [0.5, 0.6) is 0 Å². The Kier molecular flexibility index (Phi) is 6.27. The summed E-state index contributed by atoms with van der Waals surface area (Å²) in [6, 6.07) is 8.13. The van der Waals surface area contributed by atoms with E-state index in [1.807, 2.05) is 12.1 Å². The van der Waals surface area contributed by atoms with E-state index in [4.69, 9.17) is 18.8 Å². The maximum atomic E-state index is 14.2. The Morgan fingerprint density at radius 3 is 2.41 bits per heavy atom. The van der Waals surface area contributed by atoms with Crippen LogP contribution in [0.1, 0.15) is 101 Å². The van der Waals surface area contributed by atoms with Crippen molar-refractivity contribution in [2.45, 2.75) is 94.8 Å². The number of hydrogen-bond donors (Lipinski definition) is 0. The second kappa shape index (κ2) is 10.0. The number of rotatable bonds is 9. The molecule has 3 heterocycles. The van der Waals surface area contributed by atoms with Crippen molar-refractivity contribution in [3.05, 3.63) is 41.8 Å². The number of amides is 1. The molecule has 2 bridgehead atoms. The first-order valence-electron chi connectivity index (χ1n) is 15.7. The molecule has 6 aliphatic rings. The van der Waals surface area contributed by atoms with Crippen LogP contribution in [-0.4, -0.2) is 45.9 Å². The number of carbonyl (C=O) groups excluding carboxylic acids is 1. The minimum Gasteiger partial charge on any atom is -0.381 e. The number of aromatic nitrogens is 4. The third-order valence-corrected chi connectivity index (χ3v) is 10.6. The molecule has 1 aromatic carbocycles. The Bertz CT molecular complexity index is 1390. The maximum absolute atomic E-state index is 14.2. The first-order chi connectivity index (χ1) is 20.1. The number of fused-ring (bicyclic) bond motifs is 3. The normalized spacial score (nSPS) is 28.2. The molecule has 216 valence electrons. The highest BCUT2D eigenvalue weighted by atomic mass is 16.5. The third-order valence-electron chi connectivity index (χ3n) is 10.6. The van der Waals surface area contributed by atoms with Crippen LogP contribution >= 0.6 is 0 Å². The first-order valence-corrected chi connectivity index (χ1v) is 15.7. The summed E-state index contributed by atoms with van der Waals surface area (Å²) in [5, 5.41) is 8.56. The van der Waals surface area contributed by atoms with E-state index >= 15 is 0 Å². The third kappa shape index (κ3) is 5.00. The molecule has 3 aromatic rings. The molecule has 2 aromatic heterocycles. The van der Waals surface area contributed by atoms with Gasteiger partial charge in [-0.3, -0.25) is 4.79 Å². The van der Waals surface area contributed by atoms with Gasteiger partial charge in [0.15, 0.2) is 11.6 Å². The Balaban J connectivity index is 1.04. The first kappa shape index (κ1) is 25.6. The molecule has 0 spiro atoms. The number of hydrogen-bond acceptors (Lipinski definition) is 8. The van der Waals surface area contributed by atoms with Crippen molar-refractivity contribution in [1.82, 2.24) is 20.3 Å². The molecule has 9 rings (SSSR count). The minimum atomic E-state index is -0.0109. The quantitative estimate of drug-likeness (QED) is 0.315. The second-order valence-electron chi connectivity index (χ2n) is 13.5. The number of ether oxygens (including phenoxy) is 1. The molecule has 1 amide bonds. The highest BCUT2D eigenvalue weighted by Gasteiger charge is 2.53. The molecule has 6 fully saturated rings. The predicted molar refractivity (Wildman–Crippen MR) is 150 cm³/mol. The largest absolute Gasteiger partial charge is 0.381 e. The predicted octanol–water partition coefficient (Wildman–Crippen LogP) is 6.00. The van der Waals surface area contributed by atoms with E-state index < -0.39 is 0 Å². The second-order valence-corrected chi connectivity index (χ2v) is 13.5. The molecule has 1 aliphatic heterocycles. The molecule has 0 radical (unpaired) electrons. The molecule has 41 heavy (non-hydrogen) atoms. The van der Waals surface area contributed by atoms with Gasteiger partial charge in [0.25, 0.3) is 5.89 Å². The van der Waals surface area contributed by atoms with E-state index in [2.05, 4.69) is 32.3 Å². The van der Waals surface area contributed by atoms with E-state index in [0.717, 1.165) is 112 Å². The van der Waals surface area contributed by atoms with Gasteiger partial charge in [-0.15, -0.1) is 0 Å². The monoisotopic (exact) mass is 557 g/mol. The van der Waals surface area contributed by atoms with Crippen molar-refractivity contribution >= 4 is 11.6 Å². The molecular weight excluding hydrogens is 518 g/mol. The summed E-state index contributed by atoms with van der Waals surface area (Å²) in [6.07, 6.45) is 13.7. The van der Waals surface area contributed by atoms with E-state index in [1.54, 1.807) is 0 Å². The number of benzene rings is 1. The molecule has 0 unspecified atom stereocenters. The smallest absolute Gasteiger partial charge is 0.258 e. The average Bonchev–Trinajstić information content (AvgIpc) is 3.95. The Morgan fingerprint density at radius 2 is 1.68 bits per heavy atom. The molecule has 9 heteroatoms. The number of nitrogens with zero attached hydrogens (tertiary/aromatic N) is 5. The van der Waals surface area contributed by atoms with Crippen molar-refractivity contribution in [1.29, 1.82) is 0 Å². The lowest BCUT2D eigenvalue weighted by molar-refractivity contribution is -0.126. The van der Waals surface area contributed by atoms with Gasteiger partial charge in [0.1, 0.15) is 0 Å². The lowest BCUT2D eigenvalue weighted by atomic mass is 9.53. The number of anilines is 1. The van der Waals surface area contributed by atoms with Gasteiger partial charge in [0.2, 0.25) is 11.8 Å². The fourth-order valence-corrected chi connectivity index (χ4v) is 7.42. The van der Waals surface area contributed by atoms with Crippen LogP contribution in [0.3, 0.4) is 0 Å². The molecule has 9 nitrogen and oxygen atoms in total. The van der Waals surface area contributed by atoms with Crippen LogP contribution in [0.25, 0.3) is 11.5 Å². The van der Waals surface area contributed by atoms with E-state index in [-0.39, 0.29) is 22.7 Å². The summed E-state index contributed by atoms with van der Waals surface area (Å²) >= 11 is 0. The van der Waals surface area contributed by atoms with Crippen LogP contribution in [0.15, 0.2) is 33.3 Å². The average molecular weight is 558 g/mol. The summed E-state index contributed by atoms with van der Waals surface area (Å²) < 4.78 is 17.1. The van der Waals surface area contributed by atoms with Crippen molar-refractivity contribution in [2.24, 2.45) is 17.3 Å². The van der Waals surface area contributed by atoms with Gasteiger partial charge in [-0.1, -0.05) is 16.4 Å². The van der Waals surface area contributed by atoms with E-state index in [9.17, 15) is 4.79 Å². The van der Waals surface area contributed by atoms with Gasteiger partial charge < -0.3 is 18.7 Å². The van der Waals surface area contributed by atoms with Gasteiger partial charge in [0.05, 0.1) is 0 Å². The van der Waals surface area contributed by atoms with Crippen molar-refractivity contribution < 1.29 is 18.6 Å². The van der Waals surface area contributed by atoms with Crippen molar-refractivity contribution in [3.63, 3.8) is 0 Å². The summed E-state index contributed by atoms with van der Waals surface area (Å²) in [5.74, 6) is 4.46. The summed E-state index contributed by atoms with van der Waals surface area (Å²) in [5.41, 5.74) is 1.89. The Morgan fingerprint density at radius 1 is 0.902 bits per heavy atom. The van der Waals surface area contributed by atoms with Crippen LogP contribution in [0.2, 0.25) is 0 Å². The van der Waals surface area contributed by atoms with Crippen LogP contribution in [-0.2, 0) is 21.4 Å². The molecule has 1 saturated heterocycles. The highest BCUT2D eigenvalue weighted by molar-refractivity contribution is 5.95. The zero-order valence-corrected chi connectivity index (χ0v) is 23.7. The van der Waals surface area contributed by atoms with E-state index in [1.165, 1.54) is 12.8 Å². The standard InChI is InChI=1S/C32H39N5O4/c38-29(23-8-16-39-17-9-23)37(25-3-1-2-24(19-25)28-34-27(36-40-28)22-6-7-22)20-31-10-13-32(14-11-31,15-12-31)30-33-26(35-41-30)18-21-4-5-21/h1-3,19,21-23H,4-18,20H2. The van der Waals surface area contributed by atoms with Crippen LogP contribution in [0.4, 0.5) is 5.69 Å². The molecule has 0 atom stereocenters. The van der Waals surface area contributed by atoms with E-state index in [0.29, 0.717) is 25.0 Å². The fourth-order valence-electron chi connectivity index (χ4n) is 7.42. The van der Waals surface area contributed by atoms with Crippen LogP contribution in [0, 0.1) is 17.3 Å². The van der Waals surface area contributed by atoms with Gasteiger partial charge in [-0.05, 0) is 107 Å². The Hall–Kier alpha value is -3.07. The summed E-state index contributed by atoms with van der Waals surface area (Å²) in [6.45, 7) is 2.03. The summed E-state index contributed by atoms with van der Waals surface area (Å²) in [7, 11) is 0. The minimum absolute atomic E-state index is 0.00321. The van der Waals surface area contributed by atoms with Gasteiger partial charge in [0, 0.05) is 54.7 Å². The number of carbonyl (C=O) groups is 1. The van der Waals surface area contributed by atoms with Crippen molar-refractivity contribution in [3.8, 4) is 11.5 Å². The van der Waals surface area contributed by atoms with Gasteiger partial charge in [-0.2, -0.15) is 9.97 Å². The lowest BCUT2D eigenvalue weighted by Crippen LogP contribution is -2.52. The highest BCUT2D eigenvalue weighted by Crippen LogP contribution is 2.58. The van der Waals surface area contributed by atoms with Gasteiger partial charge in [-0.25, -0.2) is 0 Å². The molecule has 5 aliphatic carbocycles. The zero-order valence-electron chi connectivity index (χ0n) is 23.7. The summed E-state index contributed by atoms with van der Waals surface area (Å²) in [4.78, 5) is 25.8. The maximum Gasteiger partial charge on any atom is 0.258 e. The molecule has 0 N–H and O–H groups in total. The van der Waals surface area contributed by atoms with Gasteiger partial charge >= 0.3 is 0 Å². The zero-order chi connectivity index (χ0) is 27.4. The molecular formula is C32H39N5O4. The SMILES string of the molecule is O=C(C1CCOCC1)N(CC12CCC(c3nc(CC4CC4)no3)(CC1)CC2)c1cccc(-c2nc(C3CC3)no2)c1. The van der Waals surface area contributed by atoms with Crippen LogP contribution < -0.4 is 4.90 Å². The topological polar surface area (TPSA) is 107 Å².